The van der Waals surface area contributed by atoms with Gasteiger partial charge in [-0.25, -0.2) is 9.97 Å². The molecule has 5 heteroatoms. The first kappa shape index (κ1) is 13.8. The molecule has 3 aromatic rings. The van der Waals surface area contributed by atoms with Crippen molar-refractivity contribution in [3.05, 3.63) is 53.2 Å². The van der Waals surface area contributed by atoms with E-state index in [-0.39, 0.29) is 12.4 Å². The molecule has 0 aliphatic heterocycles. The number of rotatable bonds is 3. The van der Waals surface area contributed by atoms with Crippen LogP contribution in [0.15, 0.2) is 42.7 Å². The molecule has 3 nitrogen and oxygen atoms in total. The molecule has 0 amide bonds. The molecule has 1 N–H and O–H groups in total. The van der Waals surface area contributed by atoms with E-state index in [1.165, 1.54) is 10.4 Å². The highest BCUT2D eigenvalue weighted by Gasteiger charge is 2.06. The number of benzene rings is 1. The van der Waals surface area contributed by atoms with Gasteiger partial charge in [0.05, 0.1) is 5.39 Å². The summed E-state index contributed by atoms with van der Waals surface area (Å²) in [5, 5.41) is 4.48. The van der Waals surface area contributed by atoms with E-state index in [2.05, 4.69) is 40.4 Å². The van der Waals surface area contributed by atoms with Crippen LogP contribution in [-0.4, -0.2) is 9.97 Å². The maximum Gasteiger partial charge on any atom is 0.138 e. The van der Waals surface area contributed by atoms with Gasteiger partial charge in [-0.3, -0.25) is 0 Å². The minimum atomic E-state index is 0. The lowest BCUT2D eigenvalue weighted by Gasteiger charge is -2.06. The first-order chi connectivity index (χ1) is 8.83. The van der Waals surface area contributed by atoms with Crippen LogP contribution in [0.3, 0.4) is 0 Å². The van der Waals surface area contributed by atoms with Gasteiger partial charge in [0, 0.05) is 11.4 Å². The number of hydrogen-bond donors (Lipinski definition) is 1. The van der Waals surface area contributed by atoms with Crippen molar-refractivity contribution in [2.45, 2.75) is 13.5 Å². The van der Waals surface area contributed by atoms with E-state index < -0.39 is 0 Å². The van der Waals surface area contributed by atoms with Crippen LogP contribution in [-0.2, 0) is 6.54 Å². The fourth-order valence-corrected chi connectivity index (χ4v) is 2.75. The Hall–Kier alpha value is -1.65. The average Bonchev–Trinajstić information content (AvgIpc) is 2.78. The van der Waals surface area contributed by atoms with Crippen molar-refractivity contribution < 1.29 is 0 Å². The van der Waals surface area contributed by atoms with Crippen LogP contribution in [0.2, 0.25) is 0 Å². The van der Waals surface area contributed by atoms with Crippen molar-refractivity contribution in [3.8, 4) is 0 Å². The molecule has 0 saturated heterocycles. The number of nitrogens with one attached hydrogen (secondary N) is 1. The topological polar surface area (TPSA) is 37.8 Å². The fraction of sp³-hybridized carbons (Fsp3) is 0.143. The van der Waals surface area contributed by atoms with Crippen molar-refractivity contribution in [3.63, 3.8) is 0 Å². The van der Waals surface area contributed by atoms with Gasteiger partial charge >= 0.3 is 0 Å². The van der Waals surface area contributed by atoms with Gasteiger partial charge in [0.1, 0.15) is 17.0 Å². The summed E-state index contributed by atoms with van der Waals surface area (Å²) in [6.45, 7) is 2.87. The monoisotopic (exact) mass is 291 g/mol. The molecule has 0 spiro atoms. The molecular weight excluding hydrogens is 278 g/mol. The third kappa shape index (κ3) is 3.03. The Balaban J connectivity index is 0.00000133. The van der Waals surface area contributed by atoms with E-state index >= 15 is 0 Å². The average molecular weight is 292 g/mol. The summed E-state index contributed by atoms with van der Waals surface area (Å²) < 4.78 is 0. The molecular formula is C14H14ClN3S. The number of halogens is 1. The third-order valence-corrected chi connectivity index (χ3v) is 3.71. The van der Waals surface area contributed by atoms with Crippen LogP contribution in [0.25, 0.3) is 10.2 Å². The first-order valence-electron chi connectivity index (χ1n) is 5.82. The van der Waals surface area contributed by atoms with Crippen LogP contribution < -0.4 is 5.32 Å². The van der Waals surface area contributed by atoms with Gasteiger partial charge in [-0.15, -0.1) is 23.7 Å². The normalized spacial score (nSPS) is 10.2. The van der Waals surface area contributed by atoms with E-state index in [4.69, 9.17) is 0 Å². The van der Waals surface area contributed by atoms with Crippen molar-refractivity contribution in [1.29, 1.82) is 0 Å². The number of hydrogen-bond acceptors (Lipinski definition) is 4. The molecule has 19 heavy (non-hydrogen) atoms. The van der Waals surface area contributed by atoms with Crippen LogP contribution in [0, 0.1) is 6.92 Å². The first-order valence-corrected chi connectivity index (χ1v) is 6.63. The van der Waals surface area contributed by atoms with Gasteiger partial charge in [-0.1, -0.05) is 30.3 Å². The number of thiophene rings is 1. The number of aryl methyl sites for hydroxylation is 1. The van der Waals surface area contributed by atoms with Gasteiger partial charge in [-0.2, -0.15) is 0 Å². The maximum absolute atomic E-state index is 4.32. The van der Waals surface area contributed by atoms with Crippen molar-refractivity contribution in [2.75, 3.05) is 5.32 Å². The Morgan fingerprint density at radius 1 is 1.16 bits per heavy atom. The van der Waals surface area contributed by atoms with Crippen molar-refractivity contribution >= 4 is 39.8 Å². The molecule has 0 unspecified atom stereocenters. The summed E-state index contributed by atoms with van der Waals surface area (Å²) in [6, 6.07) is 12.4. The highest BCUT2D eigenvalue weighted by molar-refractivity contribution is 7.18. The number of anilines is 1. The number of fused-ring (bicyclic) bond motifs is 1. The van der Waals surface area contributed by atoms with Gasteiger partial charge in [0.25, 0.3) is 0 Å². The molecule has 1 aromatic carbocycles. The van der Waals surface area contributed by atoms with Gasteiger partial charge < -0.3 is 5.32 Å². The second-order valence-electron chi connectivity index (χ2n) is 4.14. The smallest absolute Gasteiger partial charge is 0.138 e. The van der Waals surface area contributed by atoms with Crippen molar-refractivity contribution in [1.82, 2.24) is 9.97 Å². The predicted molar refractivity (Wildman–Crippen MR) is 83.2 cm³/mol. The van der Waals surface area contributed by atoms with E-state index in [1.807, 2.05) is 18.2 Å². The molecule has 3 rings (SSSR count). The Morgan fingerprint density at radius 2 is 1.95 bits per heavy atom. The van der Waals surface area contributed by atoms with Crippen LogP contribution >= 0.6 is 23.7 Å². The summed E-state index contributed by atoms with van der Waals surface area (Å²) in [7, 11) is 0. The molecule has 0 aliphatic rings. The molecule has 0 atom stereocenters. The Kier molecular flexibility index (Phi) is 4.35. The van der Waals surface area contributed by atoms with E-state index in [1.54, 1.807) is 17.7 Å². The van der Waals surface area contributed by atoms with Gasteiger partial charge in [0.15, 0.2) is 0 Å². The molecule has 0 bridgehead atoms. The van der Waals surface area contributed by atoms with Crippen molar-refractivity contribution in [2.24, 2.45) is 0 Å². The molecule has 0 radical (unpaired) electrons. The second kappa shape index (κ2) is 5.99. The number of nitrogens with zero attached hydrogens (tertiary/aromatic N) is 2. The second-order valence-corrected chi connectivity index (χ2v) is 5.37. The summed E-state index contributed by atoms with van der Waals surface area (Å²) >= 11 is 1.70. The Labute approximate surface area is 122 Å². The molecule has 2 heterocycles. The largest absolute Gasteiger partial charge is 0.365 e. The molecule has 2 aromatic heterocycles. The number of aromatic nitrogens is 2. The van der Waals surface area contributed by atoms with Gasteiger partial charge in [-0.05, 0) is 18.6 Å². The highest BCUT2D eigenvalue weighted by atomic mass is 35.5. The summed E-state index contributed by atoms with van der Waals surface area (Å²) in [5.41, 5.74) is 1.25. The molecule has 98 valence electrons. The minimum Gasteiger partial charge on any atom is -0.365 e. The summed E-state index contributed by atoms with van der Waals surface area (Å²) in [4.78, 5) is 10.9. The van der Waals surface area contributed by atoms with Gasteiger partial charge in [0.2, 0.25) is 0 Å². The lowest BCUT2D eigenvalue weighted by Crippen LogP contribution is -2.01. The Morgan fingerprint density at radius 3 is 2.74 bits per heavy atom. The van der Waals surface area contributed by atoms with Crippen LogP contribution in [0.1, 0.15) is 10.4 Å². The zero-order valence-electron chi connectivity index (χ0n) is 10.5. The maximum atomic E-state index is 4.32. The molecule has 0 aliphatic carbocycles. The highest BCUT2D eigenvalue weighted by Crippen LogP contribution is 2.27. The molecule has 0 fully saturated rings. The van der Waals surface area contributed by atoms with E-state index in [0.717, 1.165) is 22.6 Å². The molecule has 0 saturated carbocycles. The summed E-state index contributed by atoms with van der Waals surface area (Å²) in [6.07, 6.45) is 1.62. The van der Waals surface area contributed by atoms with Crippen LogP contribution in [0.4, 0.5) is 5.82 Å². The minimum absolute atomic E-state index is 0. The van der Waals surface area contributed by atoms with Crippen LogP contribution in [0.5, 0.6) is 0 Å². The standard InChI is InChI=1S/C14H13N3S.ClH/c1-10-7-12-13(16-9-17-14(12)18-10)15-8-11-5-3-2-4-6-11;/h2-7,9H,8H2,1H3,(H,15,16,17);1H. The van der Waals surface area contributed by atoms with E-state index in [0.29, 0.717) is 0 Å². The Bertz CT molecular complexity index is 667. The van der Waals surface area contributed by atoms with E-state index in [9.17, 15) is 0 Å². The third-order valence-electron chi connectivity index (χ3n) is 2.76. The fourth-order valence-electron chi connectivity index (χ4n) is 1.90. The lowest BCUT2D eigenvalue weighted by atomic mass is 10.2. The predicted octanol–water partition coefficient (Wildman–Crippen LogP) is 4.03. The summed E-state index contributed by atoms with van der Waals surface area (Å²) in [5.74, 6) is 0.910. The SMILES string of the molecule is Cc1cc2c(NCc3ccccc3)ncnc2s1.Cl. The lowest BCUT2D eigenvalue weighted by molar-refractivity contribution is 1.11. The quantitative estimate of drug-likeness (QED) is 0.791. The zero-order chi connectivity index (χ0) is 12.4. The zero-order valence-corrected chi connectivity index (χ0v) is 12.1.